The summed E-state index contributed by atoms with van der Waals surface area (Å²) in [6.45, 7) is 2.06. The molecule has 1 spiro atoms. The molecule has 116 valence electrons. The maximum atomic E-state index is 12.2. The average Bonchev–Trinajstić information content (AvgIpc) is 2.75. The van der Waals surface area contributed by atoms with Gasteiger partial charge >= 0.3 is 6.03 Å². The number of nitrogens with one attached hydrogen (secondary N) is 2. The predicted octanol–water partition coefficient (Wildman–Crippen LogP) is 0.628. The molecule has 3 fully saturated rings. The van der Waals surface area contributed by atoms with E-state index in [0.717, 1.165) is 6.54 Å². The van der Waals surface area contributed by atoms with E-state index in [2.05, 4.69) is 27.7 Å². The van der Waals surface area contributed by atoms with Gasteiger partial charge in [-0.05, 0) is 18.4 Å². The van der Waals surface area contributed by atoms with Gasteiger partial charge in [0.15, 0.2) is 0 Å². The van der Waals surface area contributed by atoms with Crippen molar-refractivity contribution in [3.63, 3.8) is 0 Å². The first-order valence-corrected chi connectivity index (χ1v) is 7.67. The van der Waals surface area contributed by atoms with Crippen LogP contribution in [-0.2, 0) is 16.1 Å². The van der Waals surface area contributed by atoms with Crippen molar-refractivity contribution >= 4 is 11.9 Å². The van der Waals surface area contributed by atoms with E-state index in [1.807, 2.05) is 18.2 Å². The lowest BCUT2D eigenvalue weighted by molar-refractivity contribution is -0.136. The van der Waals surface area contributed by atoms with Gasteiger partial charge in [0.2, 0.25) is 0 Å². The molecular weight excluding hydrogens is 282 g/mol. The molecule has 4 rings (SSSR count). The van der Waals surface area contributed by atoms with E-state index in [1.165, 1.54) is 5.56 Å². The average molecular weight is 301 g/mol. The van der Waals surface area contributed by atoms with E-state index < -0.39 is 5.54 Å². The van der Waals surface area contributed by atoms with Crippen LogP contribution >= 0.6 is 0 Å². The van der Waals surface area contributed by atoms with Gasteiger partial charge in [0.05, 0.1) is 13.2 Å². The predicted molar refractivity (Wildman–Crippen MR) is 79.0 cm³/mol. The van der Waals surface area contributed by atoms with Crippen LogP contribution in [0.5, 0.6) is 0 Å². The van der Waals surface area contributed by atoms with Crippen molar-refractivity contribution in [1.29, 1.82) is 0 Å². The molecule has 0 radical (unpaired) electrons. The molecule has 2 bridgehead atoms. The fraction of sp³-hybridized carbons (Fsp3) is 0.500. The summed E-state index contributed by atoms with van der Waals surface area (Å²) < 4.78 is 5.68. The minimum atomic E-state index is -0.747. The van der Waals surface area contributed by atoms with E-state index in [0.29, 0.717) is 26.1 Å². The molecule has 3 saturated heterocycles. The molecule has 22 heavy (non-hydrogen) atoms. The van der Waals surface area contributed by atoms with Crippen molar-refractivity contribution in [2.75, 3.05) is 13.2 Å². The van der Waals surface area contributed by atoms with Crippen molar-refractivity contribution in [3.05, 3.63) is 35.9 Å². The third kappa shape index (κ3) is 2.19. The molecule has 3 aliphatic heterocycles. The van der Waals surface area contributed by atoms with Crippen molar-refractivity contribution in [2.24, 2.45) is 0 Å². The summed E-state index contributed by atoms with van der Waals surface area (Å²) in [6, 6.07) is 10.2. The highest BCUT2D eigenvalue weighted by atomic mass is 16.5. The van der Waals surface area contributed by atoms with Crippen LogP contribution in [0.3, 0.4) is 0 Å². The van der Waals surface area contributed by atoms with Crippen LogP contribution in [0.4, 0.5) is 4.79 Å². The molecule has 3 heterocycles. The number of urea groups is 1. The number of nitrogens with zero attached hydrogens (tertiary/aromatic N) is 1. The summed E-state index contributed by atoms with van der Waals surface area (Å²) in [6.07, 6.45) is 1.21. The molecular formula is C16H19N3O3. The quantitative estimate of drug-likeness (QED) is 0.786. The number of imide groups is 1. The smallest absolute Gasteiger partial charge is 0.322 e. The number of carbonyl (C=O) groups excluding carboxylic acids is 2. The number of carbonyl (C=O) groups is 2. The molecule has 3 amide bonds. The molecule has 6 heteroatoms. The standard InChI is InChI=1S/C16H19N3O3/c20-14-16(18-15(21)17-14)6-12-9-22-10-13(7-16)19(12)8-11-4-2-1-3-5-11/h1-5,12-13H,6-10H2,(H2,17,18,20,21). The van der Waals surface area contributed by atoms with Gasteiger partial charge in [-0.15, -0.1) is 0 Å². The first-order chi connectivity index (χ1) is 10.7. The summed E-state index contributed by atoms with van der Waals surface area (Å²) >= 11 is 0. The molecule has 0 saturated carbocycles. The second-order valence-electron chi connectivity index (χ2n) is 6.40. The first-order valence-electron chi connectivity index (χ1n) is 7.67. The third-order valence-electron chi connectivity index (χ3n) is 4.95. The van der Waals surface area contributed by atoms with Crippen molar-refractivity contribution < 1.29 is 14.3 Å². The van der Waals surface area contributed by atoms with Crippen molar-refractivity contribution in [2.45, 2.75) is 37.0 Å². The molecule has 2 atom stereocenters. The van der Waals surface area contributed by atoms with Gasteiger partial charge in [-0.2, -0.15) is 0 Å². The summed E-state index contributed by atoms with van der Waals surface area (Å²) in [5.74, 6) is -0.186. The van der Waals surface area contributed by atoms with Gasteiger partial charge in [-0.3, -0.25) is 15.0 Å². The van der Waals surface area contributed by atoms with Gasteiger partial charge in [-0.1, -0.05) is 30.3 Å². The van der Waals surface area contributed by atoms with Crippen molar-refractivity contribution in [3.8, 4) is 0 Å². The Balaban J connectivity index is 1.57. The SMILES string of the molecule is O=C1NC(=O)C2(CC3COCC(C2)N3Cc2ccccc2)N1. The van der Waals surface area contributed by atoms with E-state index in [9.17, 15) is 9.59 Å². The number of piperidine rings is 1. The Labute approximate surface area is 128 Å². The number of hydrogen-bond donors (Lipinski definition) is 2. The lowest BCUT2D eigenvalue weighted by Gasteiger charge is -2.51. The Hall–Kier alpha value is -1.92. The molecule has 0 aromatic heterocycles. The second kappa shape index (κ2) is 5.07. The van der Waals surface area contributed by atoms with Crippen LogP contribution in [0.15, 0.2) is 30.3 Å². The molecule has 1 aromatic rings. The summed E-state index contributed by atoms with van der Waals surface area (Å²) in [5, 5.41) is 5.23. The minimum absolute atomic E-state index is 0.150. The maximum absolute atomic E-state index is 12.2. The zero-order chi connectivity index (χ0) is 15.2. The number of rotatable bonds is 2. The number of hydrogen-bond acceptors (Lipinski definition) is 4. The summed E-state index contributed by atoms with van der Waals surface area (Å²) in [7, 11) is 0. The monoisotopic (exact) mass is 301 g/mol. The highest BCUT2D eigenvalue weighted by Gasteiger charge is 2.54. The van der Waals surface area contributed by atoms with Gasteiger partial charge in [-0.25, -0.2) is 4.79 Å². The zero-order valence-corrected chi connectivity index (χ0v) is 12.2. The lowest BCUT2D eigenvalue weighted by Crippen LogP contribution is -2.66. The van der Waals surface area contributed by atoms with Gasteiger partial charge < -0.3 is 10.1 Å². The molecule has 6 nitrogen and oxygen atoms in total. The van der Waals surface area contributed by atoms with Crippen LogP contribution in [0.1, 0.15) is 18.4 Å². The van der Waals surface area contributed by atoms with Crippen LogP contribution in [-0.4, -0.2) is 47.7 Å². The number of morpholine rings is 1. The first kappa shape index (κ1) is 13.7. The molecule has 2 N–H and O–H groups in total. The van der Waals surface area contributed by atoms with Gasteiger partial charge in [0.1, 0.15) is 5.54 Å². The molecule has 2 unspecified atom stereocenters. The van der Waals surface area contributed by atoms with Crippen molar-refractivity contribution in [1.82, 2.24) is 15.5 Å². The van der Waals surface area contributed by atoms with Crippen LogP contribution in [0.25, 0.3) is 0 Å². The van der Waals surface area contributed by atoms with Gasteiger partial charge in [0.25, 0.3) is 5.91 Å². The Kier molecular flexibility index (Phi) is 3.16. The van der Waals surface area contributed by atoms with E-state index in [1.54, 1.807) is 0 Å². The third-order valence-corrected chi connectivity index (χ3v) is 4.95. The minimum Gasteiger partial charge on any atom is -0.378 e. The van der Waals surface area contributed by atoms with Crippen LogP contribution in [0.2, 0.25) is 0 Å². The molecule has 3 aliphatic rings. The Bertz CT molecular complexity index is 590. The summed E-state index contributed by atoms with van der Waals surface area (Å²) in [5.41, 5.74) is 0.513. The van der Waals surface area contributed by atoms with E-state index in [4.69, 9.17) is 4.74 Å². The topological polar surface area (TPSA) is 70.7 Å². The number of ether oxygens (including phenoxy) is 1. The van der Waals surface area contributed by atoms with E-state index >= 15 is 0 Å². The highest BCUT2D eigenvalue weighted by molar-refractivity contribution is 6.07. The fourth-order valence-electron chi connectivity index (χ4n) is 3.94. The van der Waals surface area contributed by atoms with E-state index in [-0.39, 0.29) is 24.0 Å². The normalized spacial score (nSPS) is 34.5. The number of fused-ring (bicyclic) bond motifs is 2. The Morgan fingerprint density at radius 1 is 1.14 bits per heavy atom. The molecule has 0 aliphatic carbocycles. The maximum Gasteiger partial charge on any atom is 0.322 e. The highest BCUT2D eigenvalue weighted by Crippen LogP contribution is 2.37. The molecule has 1 aromatic carbocycles. The summed E-state index contributed by atoms with van der Waals surface area (Å²) in [4.78, 5) is 26.2. The lowest BCUT2D eigenvalue weighted by atomic mass is 9.78. The Morgan fingerprint density at radius 3 is 2.41 bits per heavy atom. The largest absolute Gasteiger partial charge is 0.378 e. The van der Waals surface area contributed by atoms with Crippen LogP contribution < -0.4 is 10.6 Å². The number of benzene rings is 1. The second-order valence-corrected chi connectivity index (χ2v) is 6.40. The van der Waals surface area contributed by atoms with Gasteiger partial charge in [0, 0.05) is 18.6 Å². The fourth-order valence-corrected chi connectivity index (χ4v) is 3.94. The number of amides is 3. The van der Waals surface area contributed by atoms with Crippen LogP contribution in [0, 0.1) is 0 Å². The Morgan fingerprint density at radius 2 is 1.82 bits per heavy atom. The zero-order valence-electron chi connectivity index (χ0n) is 12.2.